The summed E-state index contributed by atoms with van der Waals surface area (Å²) < 4.78 is 4.21. The van der Waals surface area contributed by atoms with Crippen molar-refractivity contribution in [3.63, 3.8) is 0 Å². The molecule has 4 aromatic rings. The Labute approximate surface area is 130 Å². The van der Waals surface area contributed by atoms with Gasteiger partial charge in [0.25, 0.3) is 0 Å². The lowest BCUT2D eigenvalue weighted by atomic mass is 10.2. The van der Waals surface area contributed by atoms with E-state index in [1.54, 1.807) is 17.7 Å². The summed E-state index contributed by atoms with van der Waals surface area (Å²) in [5.74, 6) is 0.868. The smallest absolute Gasteiger partial charge is 0.185 e. The minimum atomic E-state index is 0.754. The van der Waals surface area contributed by atoms with Gasteiger partial charge in [-0.2, -0.15) is 0 Å². The Morgan fingerprint density at radius 3 is 2.86 bits per heavy atom. The van der Waals surface area contributed by atoms with Crippen molar-refractivity contribution in [2.75, 3.05) is 0 Å². The van der Waals surface area contributed by atoms with Crippen LogP contribution < -0.4 is 0 Å². The molecule has 1 aliphatic heterocycles. The predicted molar refractivity (Wildman–Crippen MR) is 85.0 cm³/mol. The van der Waals surface area contributed by atoms with Crippen molar-refractivity contribution in [2.45, 2.75) is 6.54 Å². The van der Waals surface area contributed by atoms with Crippen LogP contribution in [0.25, 0.3) is 27.1 Å². The van der Waals surface area contributed by atoms with Crippen LogP contribution in [-0.4, -0.2) is 24.3 Å². The van der Waals surface area contributed by atoms with Crippen LogP contribution in [0.3, 0.4) is 0 Å². The number of thiazole rings is 1. The molecule has 0 N–H and O–H groups in total. The molecule has 22 heavy (non-hydrogen) atoms. The molecular formula is C16H11N5S. The van der Waals surface area contributed by atoms with Gasteiger partial charge in [0.05, 0.1) is 17.9 Å². The van der Waals surface area contributed by atoms with Gasteiger partial charge in [0.15, 0.2) is 5.82 Å². The fourth-order valence-electron chi connectivity index (χ4n) is 2.81. The molecule has 3 aromatic heterocycles. The molecule has 0 amide bonds. The standard InChI is InChI=1S/C16H11N5S/c1-2-5-11(6-3-1)15-18-12-9-20-8-4-7-13(20)14-19-17-10-21(14)16(12)22-15/h1-8,10H,9H2. The summed E-state index contributed by atoms with van der Waals surface area (Å²) in [5, 5.41) is 10.5. The Bertz CT molecular complexity index is 964. The second kappa shape index (κ2) is 4.38. The van der Waals surface area contributed by atoms with Crippen LogP contribution >= 0.6 is 11.3 Å². The number of nitrogens with zero attached hydrogens (tertiary/aromatic N) is 5. The minimum Gasteiger partial charge on any atom is -0.339 e. The summed E-state index contributed by atoms with van der Waals surface area (Å²) in [5.41, 5.74) is 3.27. The van der Waals surface area contributed by atoms with Crippen molar-refractivity contribution in [3.8, 4) is 27.1 Å². The summed E-state index contributed by atoms with van der Waals surface area (Å²) in [6, 6.07) is 14.4. The Kier molecular flexibility index (Phi) is 2.37. The summed E-state index contributed by atoms with van der Waals surface area (Å²) in [7, 11) is 0. The van der Waals surface area contributed by atoms with Crippen LogP contribution in [0.1, 0.15) is 5.69 Å². The third-order valence-electron chi connectivity index (χ3n) is 3.84. The largest absolute Gasteiger partial charge is 0.339 e. The zero-order chi connectivity index (χ0) is 14.5. The molecule has 0 saturated heterocycles. The van der Waals surface area contributed by atoms with Crippen molar-refractivity contribution in [1.82, 2.24) is 24.3 Å². The van der Waals surface area contributed by atoms with Crippen molar-refractivity contribution < 1.29 is 0 Å². The van der Waals surface area contributed by atoms with E-state index in [0.29, 0.717) is 0 Å². The molecular weight excluding hydrogens is 294 g/mol. The maximum atomic E-state index is 4.86. The Balaban J connectivity index is 1.75. The van der Waals surface area contributed by atoms with E-state index in [-0.39, 0.29) is 0 Å². The van der Waals surface area contributed by atoms with Gasteiger partial charge >= 0.3 is 0 Å². The van der Waals surface area contributed by atoms with Gasteiger partial charge in [-0.15, -0.1) is 10.2 Å². The fraction of sp³-hybridized carbons (Fsp3) is 0.0625. The van der Waals surface area contributed by atoms with E-state index in [1.165, 1.54) is 0 Å². The summed E-state index contributed by atoms with van der Waals surface area (Å²) >= 11 is 1.68. The van der Waals surface area contributed by atoms with Crippen LogP contribution in [0.5, 0.6) is 0 Å². The van der Waals surface area contributed by atoms with Crippen molar-refractivity contribution in [3.05, 3.63) is 60.7 Å². The van der Waals surface area contributed by atoms with Crippen LogP contribution in [-0.2, 0) is 6.54 Å². The lowest BCUT2D eigenvalue weighted by molar-refractivity contribution is 0.796. The second-order valence-electron chi connectivity index (χ2n) is 5.18. The lowest BCUT2D eigenvalue weighted by Crippen LogP contribution is -1.99. The number of fused-ring (bicyclic) bond motifs is 5. The molecule has 0 saturated carbocycles. The number of hydrogen-bond acceptors (Lipinski definition) is 4. The molecule has 0 atom stereocenters. The molecule has 0 fully saturated rings. The zero-order valence-electron chi connectivity index (χ0n) is 11.5. The van der Waals surface area contributed by atoms with Crippen LogP contribution in [0.4, 0.5) is 0 Å². The maximum absolute atomic E-state index is 4.86. The summed E-state index contributed by atoms with van der Waals surface area (Å²) in [4.78, 5) is 4.86. The quantitative estimate of drug-likeness (QED) is 0.478. The highest BCUT2D eigenvalue weighted by molar-refractivity contribution is 7.17. The van der Waals surface area contributed by atoms with Crippen molar-refractivity contribution in [1.29, 1.82) is 0 Å². The number of hydrogen-bond donors (Lipinski definition) is 0. The van der Waals surface area contributed by atoms with E-state index in [2.05, 4.69) is 39.2 Å². The highest BCUT2D eigenvalue weighted by atomic mass is 32.1. The van der Waals surface area contributed by atoms with Gasteiger partial charge in [-0.25, -0.2) is 4.98 Å². The van der Waals surface area contributed by atoms with E-state index in [1.807, 2.05) is 28.8 Å². The normalized spacial score (nSPS) is 12.4. The first kappa shape index (κ1) is 11.9. The van der Waals surface area contributed by atoms with E-state index < -0.39 is 0 Å². The molecule has 0 bridgehead atoms. The highest BCUT2D eigenvalue weighted by Crippen LogP contribution is 2.36. The van der Waals surface area contributed by atoms with E-state index >= 15 is 0 Å². The zero-order valence-corrected chi connectivity index (χ0v) is 12.4. The number of aromatic nitrogens is 5. The Morgan fingerprint density at radius 1 is 1.05 bits per heavy atom. The lowest BCUT2D eigenvalue weighted by Gasteiger charge is -2.02. The van der Waals surface area contributed by atoms with Gasteiger partial charge < -0.3 is 4.57 Å². The first-order valence-corrected chi connectivity index (χ1v) is 7.83. The number of benzene rings is 1. The summed E-state index contributed by atoms with van der Waals surface area (Å²) in [6.45, 7) is 0.754. The van der Waals surface area contributed by atoms with Gasteiger partial charge in [-0.05, 0) is 12.1 Å². The van der Waals surface area contributed by atoms with E-state index in [0.717, 1.165) is 39.3 Å². The Morgan fingerprint density at radius 2 is 1.95 bits per heavy atom. The molecule has 1 aliphatic rings. The molecule has 5 nitrogen and oxygen atoms in total. The molecule has 0 unspecified atom stereocenters. The predicted octanol–water partition coefficient (Wildman–Crippen LogP) is 3.22. The third-order valence-corrected chi connectivity index (χ3v) is 4.99. The van der Waals surface area contributed by atoms with Crippen LogP contribution in [0.15, 0.2) is 55.0 Å². The molecule has 0 aliphatic carbocycles. The topological polar surface area (TPSA) is 48.5 Å². The van der Waals surface area contributed by atoms with Crippen LogP contribution in [0, 0.1) is 0 Å². The van der Waals surface area contributed by atoms with E-state index in [4.69, 9.17) is 4.98 Å². The molecule has 1 aromatic carbocycles. The maximum Gasteiger partial charge on any atom is 0.185 e. The third kappa shape index (κ3) is 1.61. The molecule has 0 radical (unpaired) electrons. The van der Waals surface area contributed by atoms with Crippen molar-refractivity contribution >= 4 is 11.3 Å². The van der Waals surface area contributed by atoms with Gasteiger partial charge in [0.2, 0.25) is 0 Å². The molecule has 0 spiro atoms. The number of rotatable bonds is 1. The first-order chi connectivity index (χ1) is 10.9. The van der Waals surface area contributed by atoms with Crippen LogP contribution in [0.2, 0.25) is 0 Å². The molecule has 5 rings (SSSR count). The van der Waals surface area contributed by atoms with E-state index in [9.17, 15) is 0 Å². The highest BCUT2D eigenvalue weighted by Gasteiger charge is 2.23. The average molecular weight is 305 g/mol. The fourth-order valence-corrected chi connectivity index (χ4v) is 3.87. The monoisotopic (exact) mass is 305 g/mol. The first-order valence-electron chi connectivity index (χ1n) is 7.01. The van der Waals surface area contributed by atoms with Gasteiger partial charge in [-0.1, -0.05) is 41.7 Å². The van der Waals surface area contributed by atoms with Gasteiger partial charge in [0, 0.05) is 11.8 Å². The van der Waals surface area contributed by atoms with Gasteiger partial charge in [-0.3, -0.25) is 4.57 Å². The second-order valence-corrected chi connectivity index (χ2v) is 6.16. The minimum absolute atomic E-state index is 0.754. The van der Waals surface area contributed by atoms with Crippen molar-refractivity contribution in [2.24, 2.45) is 0 Å². The molecule has 106 valence electrons. The summed E-state index contributed by atoms with van der Waals surface area (Å²) in [6.07, 6.45) is 3.83. The molecule has 6 heteroatoms. The molecule has 4 heterocycles. The van der Waals surface area contributed by atoms with Gasteiger partial charge in [0.1, 0.15) is 16.3 Å². The Hall–Kier alpha value is -2.73. The average Bonchev–Trinajstić information content (AvgIpc) is 3.26. The SMILES string of the molecule is c1ccc(-c2nc3c(s2)-n2cnnc2-c2cccn2C3)cc1.